The second-order valence-corrected chi connectivity index (χ2v) is 4.96. The fraction of sp³-hybridized carbons (Fsp3) is 0.857. The first-order valence-corrected chi connectivity index (χ1v) is 5.98. The molecule has 0 spiro atoms. The second-order valence-electron chi connectivity index (χ2n) is 2.87. The molecule has 0 bridgehead atoms. The Bertz CT molecular complexity index is 365. The molecule has 15 heavy (non-hydrogen) atoms. The Morgan fingerprint density at radius 3 is 2.80 bits per heavy atom. The van der Waals surface area contributed by atoms with Crippen LogP contribution < -0.4 is 4.72 Å². The summed E-state index contributed by atoms with van der Waals surface area (Å²) < 4.78 is 24.8. The summed E-state index contributed by atoms with van der Waals surface area (Å²) >= 11 is 0. The first kappa shape index (κ1) is 13.7. The Morgan fingerprint density at radius 2 is 2.27 bits per heavy atom. The van der Waals surface area contributed by atoms with Crippen molar-refractivity contribution in [1.82, 2.24) is 4.72 Å². The van der Waals surface area contributed by atoms with E-state index in [1.807, 2.05) is 0 Å². The van der Waals surface area contributed by atoms with Crippen molar-refractivity contribution >= 4 is 10.0 Å². The smallest absolute Gasteiger partial charge is 0.214 e. The van der Waals surface area contributed by atoms with Gasteiger partial charge in [0.1, 0.15) is 0 Å². The molecule has 0 radical (unpaired) electrons. The molecule has 0 aromatic heterocycles. The number of nitrogens with zero attached hydrogens (tertiary/aromatic N) is 4. The van der Waals surface area contributed by atoms with E-state index >= 15 is 0 Å². The van der Waals surface area contributed by atoms with Gasteiger partial charge in [-0.3, -0.25) is 0 Å². The Labute approximate surface area is 88.8 Å². The number of sulfonamides is 1. The number of hydrogen-bond acceptors (Lipinski definition) is 4. The standard InChI is InChI=1S/C7H13N5O2S/c1-7(6-8)15(13,14)11-5-3-2-4-10-12-9/h7,11H,2-5H2,1H3. The minimum absolute atomic E-state index is 0.259. The number of nitriles is 1. The molecule has 0 heterocycles. The number of azide groups is 1. The van der Waals surface area contributed by atoms with E-state index in [1.165, 1.54) is 6.92 Å². The van der Waals surface area contributed by atoms with E-state index in [-0.39, 0.29) is 6.54 Å². The van der Waals surface area contributed by atoms with Gasteiger partial charge in [-0.15, -0.1) is 0 Å². The van der Waals surface area contributed by atoms with Crippen LogP contribution in [0.1, 0.15) is 19.8 Å². The third-order valence-corrected chi connectivity index (χ3v) is 3.34. The summed E-state index contributed by atoms with van der Waals surface area (Å²) in [6.07, 6.45) is 1.20. The lowest BCUT2D eigenvalue weighted by Gasteiger charge is -2.06. The van der Waals surface area contributed by atoms with Crippen molar-refractivity contribution in [2.75, 3.05) is 13.1 Å². The summed E-state index contributed by atoms with van der Waals surface area (Å²) in [5, 5.41) is 10.7. The van der Waals surface area contributed by atoms with Gasteiger partial charge in [-0.25, -0.2) is 13.1 Å². The Hall–Kier alpha value is -1.29. The molecule has 0 aromatic carbocycles. The predicted molar refractivity (Wildman–Crippen MR) is 55.2 cm³/mol. The number of nitrogens with one attached hydrogen (secondary N) is 1. The molecular formula is C7H13N5O2S. The Morgan fingerprint density at radius 1 is 1.60 bits per heavy atom. The molecular weight excluding hydrogens is 218 g/mol. The largest absolute Gasteiger partial charge is 0.227 e. The van der Waals surface area contributed by atoms with Gasteiger partial charge >= 0.3 is 0 Å². The Balaban J connectivity index is 3.78. The van der Waals surface area contributed by atoms with Crippen LogP contribution >= 0.6 is 0 Å². The second kappa shape index (κ2) is 7.06. The van der Waals surface area contributed by atoms with Crippen molar-refractivity contribution in [1.29, 1.82) is 5.26 Å². The van der Waals surface area contributed by atoms with Crippen LogP contribution in [0.2, 0.25) is 0 Å². The minimum atomic E-state index is -3.52. The fourth-order valence-corrected chi connectivity index (χ4v) is 1.58. The zero-order chi connectivity index (χ0) is 11.7. The SMILES string of the molecule is CC(C#N)S(=O)(=O)NCCCCN=[N+]=[N-]. The molecule has 0 aromatic rings. The minimum Gasteiger partial charge on any atom is -0.214 e. The molecule has 0 amide bonds. The van der Waals surface area contributed by atoms with E-state index in [0.29, 0.717) is 19.4 Å². The van der Waals surface area contributed by atoms with Crippen LogP contribution in [0.25, 0.3) is 10.4 Å². The van der Waals surface area contributed by atoms with Crippen LogP contribution in [-0.4, -0.2) is 26.8 Å². The number of hydrogen-bond donors (Lipinski definition) is 1. The van der Waals surface area contributed by atoms with E-state index in [9.17, 15) is 8.42 Å². The zero-order valence-electron chi connectivity index (χ0n) is 8.42. The van der Waals surface area contributed by atoms with Crippen molar-refractivity contribution in [3.05, 3.63) is 10.4 Å². The quantitative estimate of drug-likeness (QED) is 0.303. The third kappa shape index (κ3) is 5.91. The summed E-state index contributed by atoms with van der Waals surface area (Å²) in [6.45, 7) is 1.93. The highest BCUT2D eigenvalue weighted by molar-refractivity contribution is 7.90. The average molecular weight is 231 g/mol. The highest BCUT2D eigenvalue weighted by Crippen LogP contribution is 1.97. The summed E-state index contributed by atoms with van der Waals surface area (Å²) in [4.78, 5) is 2.57. The van der Waals surface area contributed by atoms with Gasteiger partial charge in [0.25, 0.3) is 0 Å². The molecule has 1 atom stereocenters. The van der Waals surface area contributed by atoms with Crippen molar-refractivity contribution in [2.24, 2.45) is 5.11 Å². The van der Waals surface area contributed by atoms with Crippen LogP contribution in [0.15, 0.2) is 5.11 Å². The molecule has 84 valence electrons. The molecule has 0 rings (SSSR count). The van der Waals surface area contributed by atoms with Gasteiger partial charge < -0.3 is 0 Å². The van der Waals surface area contributed by atoms with Gasteiger partial charge in [0.2, 0.25) is 10.0 Å². The van der Waals surface area contributed by atoms with E-state index in [0.717, 1.165) is 0 Å². The fourth-order valence-electron chi connectivity index (χ4n) is 0.761. The predicted octanol–water partition coefficient (Wildman–Crippen LogP) is 0.908. The van der Waals surface area contributed by atoms with E-state index in [4.69, 9.17) is 10.8 Å². The Kier molecular flexibility index (Phi) is 6.45. The lowest BCUT2D eigenvalue weighted by Crippen LogP contribution is -2.32. The summed E-state index contributed by atoms with van der Waals surface area (Å²) in [5.41, 5.74) is 7.97. The van der Waals surface area contributed by atoms with Gasteiger partial charge in [0.05, 0.1) is 6.07 Å². The first-order chi connectivity index (χ1) is 7.04. The average Bonchev–Trinajstić information content (AvgIpc) is 2.22. The van der Waals surface area contributed by atoms with Gasteiger partial charge in [-0.05, 0) is 25.3 Å². The van der Waals surface area contributed by atoms with Gasteiger partial charge in [0, 0.05) is 18.0 Å². The topological polar surface area (TPSA) is 119 Å². The monoisotopic (exact) mass is 231 g/mol. The van der Waals surface area contributed by atoms with Gasteiger partial charge in [-0.1, -0.05) is 5.11 Å². The highest BCUT2D eigenvalue weighted by atomic mass is 32.2. The van der Waals surface area contributed by atoms with Crippen LogP contribution in [0.3, 0.4) is 0 Å². The van der Waals surface area contributed by atoms with Gasteiger partial charge in [0.15, 0.2) is 5.25 Å². The summed E-state index contributed by atoms with van der Waals surface area (Å²) in [6, 6.07) is 1.65. The maximum absolute atomic E-state index is 11.2. The van der Waals surface area contributed by atoms with E-state index < -0.39 is 15.3 Å². The first-order valence-electron chi connectivity index (χ1n) is 4.43. The van der Waals surface area contributed by atoms with Crippen LogP contribution in [0, 0.1) is 11.3 Å². The van der Waals surface area contributed by atoms with Crippen molar-refractivity contribution < 1.29 is 8.42 Å². The van der Waals surface area contributed by atoms with Crippen LogP contribution in [0.5, 0.6) is 0 Å². The zero-order valence-corrected chi connectivity index (χ0v) is 9.24. The highest BCUT2D eigenvalue weighted by Gasteiger charge is 2.18. The maximum atomic E-state index is 11.2. The van der Waals surface area contributed by atoms with Crippen LogP contribution in [0.4, 0.5) is 0 Å². The molecule has 1 unspecified atom stereocenters. The third-order valence-electron chi connectivity index (χ3n) is 1.70. The molecule has 1 N–H and O–H groups in total. The summed E-state index contributed by atoms with van der Waals surface area (Å²) in [5.74, 6) is 0. The molecule has 0 saturated heterocycles. The van der Waals surface area contributed by atoms with E-state index in [2.05, 4.69) is 14.7 Å². The molecule has 0 saturated carbocycles. The molecule has 7 nitrogen and oxygen atoms in total. The number of rotatable bonds is 7. The van der Waals surface area contributed by atoms with Crippen molar-refractivity contribution in [2.45, 2.75) is 25.0 Å². The van der Waals surface area contributed by atoms with Crippen molar-refractivity contribution in [3.63, 3.8) is 0 Å². The molecule has 0 aliphatic rings. The molecule has 0 aliphatic carbocycles. The summed E-state index contributed by atoms with van der Waals surface area (Å²) in [7, 11) is -3.52. The lowest BCUT2D eigenvalue weighted by molar-refractivity contribution is 0.573. The molecule has 0 aliphatic heterocycles. The molecule has 0 fully saturated rings. The molecule has 8 heteroatoms. The number of unbranched alkanes of at least 4 members (excludes halogenated alkanes) is 1. The van der Waals surface area contributed by atoms with Crippen molar-refractivity contribution in [3.8, 4) is 6.07 Å². The van der Waals surface area contributed by atoms with Gasteiger partial charge in [-0.2, -0.15) is 5.26 Å². The lowest BCUT2D eigenvalue weighted by atomic mass is 10.3. The normalized spacial score (nSPS) is 12.5. The maximum Gasteiger partial charge on any atom is 0.227 e. The van der Waals surface area contributed by atoms with Crippen LogP contribution in [-0.2, 0) is 10.0 Å². The van der Waals surface area contributed by atoms with E-state index in [1.54, 1.807) is 6.07 Å².